The molecule has 1 heterocycles. The second kappa shape index (κ2) is 5.98. The molecule has 0 aliphatic carbocycles. The summed E-state index contributed by atoms with van der Waals surface area (Å²) in [5.74, 6) is -2.10. The number of aryl methyl sites for hydroxylation is 1. The number of nitrogens with zero attached hydrogens (tertiary/aromatic N) is 3. The zero-order valence-corrected chi connectivity index (χ0v) is 11.7. The SMILES string of the molecule is Cc1oncc1C(=O)/C(C#N)=C/c1cc(O)c(O)c([N+](=O)[O-])c1. The topological polar surface area (TPSA) is 150 Å². The smallest absolute Gasteiger partial charge is 0.315 e. The summed E-state index contributed by atoms with van der Waals surface area (Å²) < 4.78 is 4.75. The predicted octanol–water partition coefficient (Wildman–Crippen LogP) is 2.09. The Kier molecular flexibility index (Phi) is 4.09. The van der Waals surface area contributed by atoms with E-state index in [1.165, 1.54) is 6.92 Å². The summed E-state index contributed by atoms with van der Waals surface area (Å²) in [7, 11) is 0. The highest BCUT2D eigenvalue weighted by atomic mass is 16.6. The number of nitro groups is 1. The fraction of sp³-hybridized carbons (Fsp3) is 0.0714. The van der Waals surface area contributed by atoms with Crippen molar-refractivity contribution in [2.75, 3.05) is 0 Å². The maximum atomic E-state index is 12.2. The Morgan fingerprint density at radius 3 is 2.70 bits per heavy atom. The largest absolute Gasteiger partial charge is 0.504 e. The van der Waals surface area contributed by atoms with Crippen LogP contribution >= 0.6 is 0 Å². The van der Waals surface area contributed by atoms with E-state index in [0.717, 1.165) is 24.4 Å². The molecule has 0 fully saturated rings. The van der Waals surface area contributed by atoms with Gasteiger partial charge in [-0.25, -0.2) is 0 Å². The monoisotopic (exact) mass is 315 g/mol. The number of Topliss-reactive ketones (excluding diaryl/α,β-unsaturated/α-hetero) is 1. The van der Waals surface area contributed by atoms with Crippen LogP contribution in [0.15, 0.2) is 28.4 Å². The number of carbonyl (C=O) groups is 1. The summed E-state index contributed by atoms with van der Waals surface area (Å²) in [6, 6.07) is 3.60. The third kappa shape index (κ3) is 3.01. The second-order valence-corrected chi connectivity index (χ2v) is 4.46. The molecule has 9 nitrogen and oxygen atoms in total. The van der Waals surface area contributed by atoms with Crippen LogP contribution in [0, 0.1) is 28.4 Å². The summed E-state index contributed by atoms with van der Waals surface area (Å²) in [6.07, 6.45) is 2.21. The van der Waals surface area contributed by atoms with Crippen molar-refractivity contribution >= 4 is 17.5 Å². The first-order valence-electron chi connectivity index (χ1n) is 6.13. The normalized spacial score (nSPS) is 11.0. The average molecular weight is 315 g/mol. The number of aromatic nitrogens is 1. The fourth-order valence-corrected chi connectivity index (χ4v) is 1.82. The lowest BCUT2D eigenvalue weighted by Gasteiger charge is -2.02. The molecule has 0 amide bonds. The number of aromatic hydroxyl groups is 2. The average Bonchev–Trinajstić information content (AvgIpc) is 2.93. The van der Waals surface area contributed by atoms with E-state index in [0.29, 0.717) is 0 Å². The van der Waals surface area contributed by atoms with Gasteiger partial charge in [-0.15, -0.1) is 0 Å². The summed E-state index contributed by atoms with van der Waals surface area (Å²) in [4.78, 5) is 22.1. The first kappa shape index (κ1) is 15.7. The molecule has 0 bridgehead atoms. The molecule has 0 saturated carbocycles. The van der Waals surface area contributed by atoms with Gasteiger partial charge in [-0.3, -0.25) is 14.9 Å². The van der Waals surface area contributed by atoms with E-state index in [4.69, 9.17) is 9.78 Å². The van der Waals surface area contributed by atoms with E-state index in [1.807, 2.05) is 0 Å². The van der Waals surface area contributed by atoms with Gasteiger partial charge in [0.2, 0.25) is 11.5 Å². The molecule has 0 saturated heterocycles. The summed E-state index contributed by atoms with van der Waals surface area (Å²) in [5, 5.41) is 42.3. The van der Waals surface area contributed by atoms with Crippen LogP contribution in [0.2, 0.25) is 0 Å². The first-order chi connectivity index (χ1) is 10.8. The zero-order chi connectivity index (χ0) is 17.1. The highest BCUT2D eigenvalue weighted by Gasteiger charge is 2.21. The van der Waals surface area contributed by atoms with Crippen molar-refractivity contribution in [3.8, 4) is 17.6 Å². The van der Waals surface area contributed by atoms with Crippen LogP contribution in [0.4, 0.5) is 5.69 Å². The molecule has 0 aliphatic rings. The van der Waals surface area contributed by atoms with Crippen molar-refractivity contribution in [3.63, 3.8) is 0 Å². The van der Waals surface area contributed by atoms with E-state index in [-0.39, 0.29) is 22.5 Å². The Labute approximate surface area is 128 Å². The Morgan fingerprint density at radius 2 is 2.17 bits per heavy atom. The van der Waals surface area contributed by atoms with Crippen molar-refractivity contribution in [3.05, 3.63) is 50.9 Å². The number of ketones is 1. The molecule has 9 heteroatoms. The van der Waals surface area contributed by atoms with Crippen LogP contribution < -0.4 is 0 Å². The zero-order valence-electron chi connectivity index (χ0n) is 11.7. The molecule has 23 heavy (non-hydrogen) atoms. The van der Waals surface area contributed by atoms with Crippen LogP contribution in [0.25, 0.3) is 6.08 Å². The van der Waals surface area contributed by atoms with Crippen molar-refractivity contribution in [1.82, 2.24) is 5.16 Å². The van der Waals surface area contributed by atoms with Crippen molar-refractivity contribution in [1.29, 1.82) is 5.26 Å². The van der Waals surface area contributed by atoms with Gasteiger partial charge in [-0.1, -0.05) is 5.16 Å². The van der Waals surface area contributed by atoms with Crippen LogP contribution in [0.3, 0.4) is 0 Å². The standard InChI is InChI=1S/C14H9N3O6/c1-7-10(6-16-23-7)13(19)9(5-15)2-8-3-11(17(21)22)14(20)12(18)4-8/h2-4,6,18,20H,1H3/b9-2+. The first-order valence-corrected chi connectivity index (χ1v) is 6.13. The van der Waals surface area contributed by atoms with Crippen LogP contribution in [-0.2, 0) is 0 Å². The van der Waals surface area contributed by atoms with Gasteiger partial charge >= 0.3 is 5.69 Å². The fourth-order valence-electron chi connectivity index (χ4n) is 1.82. The van der Waals surface area contributed by atoms with E-state index in [2.05, 4.69) is 5.16 Å². The Morgan fingerprint density at radius 1 is 1.48 bits per heavy atom. The molecule has 1 aromatic heterocycles. The Bertz CT molecular complexity index is 875. The molecule has 0 spiro atoms. The minimum atomic E-state index is -0.898. The lowest BCUT2D eigenvalue weighted by molar-refractivity contribution is -0.386. The van der Waals surface area contributed by atoms with Gasteiger partial charge < -0.3 is 14.7 Å². The number of benzene rings is 1. The lowest BCUT2D eigenvalue weighted by atomic mass is 10.0. The minimum absolute atomic E-state index is 0.00556. The number of nitriles is 1. The highest BCUT2D eigenvalue weighted by molar-refractivity contribution is 6.14. The molecule has 0 radical (unpaired) electrons. The maximum absolute atomic E-state index is 12.2. The van der Waals surface area contributed by atoms with Gasteiger partial charge in [0, 0.05) is 6.07 Å². The van der Waals surface area contributed by atoms with E-state index in [9.17, 15) is 25.1 Å². The van der Waals surface area contributed by atoms with E-state index in [1.54, 1.807) is 6.07 Å². The quantitative estimate of drug-likeness (QED) is 0.217. The molecule has 116 valence electrons. The maximum Gasteiger partial charge on any atom is 0.315 e. The Hall–Kier alpha value is -3.67. The van der Waals surface area contributed by atoms with Crippen LogP contribution in [0.5, 0.6) is 11.5 Å². The number of phenols is 2. The Balaban J connectivity index is 2.51. The van der Waals surface area contributed by atoms with Gasteiger partial charge in [0.05, 0.1) is 16.7 Å². The number of hydrogen-bond donors (Lipinski definition) is 2. The summed E-state index contributed by atoms with van der Waals surface area (Å²) >= 11 is 0. The van der Waals surface area contributed by atoms with Gasteiger partial charge in [0.15, 0.2) is 5.75 Å². The molecular weight excluding hydrogens is 306 g/mol. The summed E-state index contributed by atoms with van der Waals surface area (Å²) in [5.41, 5.74) is -1.00. The third-order valence-corrected chi connectivity index (χ3v) is 2.96. The van der Waals surface area contributed by atoms with Gasteiger partial charge in [-0.2, -0.15) is 5.26 Å². The van der Waals surface area contributed by atoms with Crippen molar-refractivity contribution < 1.29 is 24.5 Å². The molecule has 2 N–H and O–H groups in total. The van der Waals surface area contributed by atoms with Crippen molar-refractivity contribution in [2.45, 2.75) is 6.92 Å². The van der Waals surface area contributed by atoms with Crippen LogP contribution in [-0.4, -0.2) is 26.1 Å². The lowest BCUT2D eigenvalue weighted by Crippen LogP contribution is -2.02. The van der Waals surface area contributed by atoms with E-state index < -0.39 is 27.9 Å². The number of hydrogen-bond acceptors (Lipinski definition) is 8. The van der Waals surface area contributed by atoms with E-state index >= 15 is 0 Å². The number of phenolic OH excluding ortho intramolecular Hbond substituents is 2. The number of allylic oxidation sites excluding steroid dienone is 1. The number of rotatable bonds is 4. The molecule has 2 rings (SSSR count). The molecule has 0 atom stereocenters. The second-order valence-electron chi connectivity index (χ2n) is 4.46. The number of nitro benzene ring substituents is 1. The van der Waals surface area contributed by atoms with Gasteiger partial charge in [0.1, 0.15) is 17.4 Å². The number of carbonyl (C=O) groups excluding carboxylic acids is 1. The van der Waals surface area contributed by atoms with Gasteiger partial charge in [0.25, 0.3) is 0 Å². The molecule has 0 aliphatic heterocycles. The summed E-state index contributed by atoms with van der Waals surface area (Å²) in [6.45, 7) is 1.49. The van der Waals surface area contributed by atoms with Crippen LogP contribution in [0.1, 0.15) is 21.7 Å². The highest BCUT2D eigenvalue weighted by Crippen LogP contribution is 2.36. The minimum Gasteiger partial charge on any atom is -0.504 e. The van der Waals surface area contributed by atoms with Gasteiger partial charge in [-0.05, 0) is 24.6 Å². The molecule has 1 aromatic carbocycles. The third-order valence-electron chi connectivity index (χ3n) is 2.96. The molecule has 0 unspecified atom stereocenters. The predicted molar refractivity (Wildman–Crippen MR) is 75.6 cm³/mol. The molecule has 2 aromatic rings. The van der Waals surface area contributed by atoms with Crippen molar-refractivity contribution in [2.24, 2.45) is 0 Å². The molecular formula is C14H9N3O6.